The summed E-state index contributed by atoms with van der Waals surface area (Å²) in [6.07, 6.45) is 0. The Kier molecular flexibility index (Phi) is 6.45. The van der Waals surface area contributed by atoms with E-state index in [0.717, 1.165) is 30.3 Å². The summed E-state index contributed by atoms with van der Waals surface area (Å²) in [6, 6.07) is 4.98. The van der Waals surface area contributed by atoms with Crippen LogP contribution in [0.2, 0.25) is 0 Å². The van der Waals surface area contributed by atoms with Crippen LogP contribution in [0.3, 0.4) is 0 Å². The van der Waals surface area contributed by atoms with E-state index < -0.39 is 25.7 Å². The van der Waals surface area contributed by atoms with E-state index in [1.165, 1.54) is 0 Å². The van der Waals surface area contributed by atoms with Crippen molar-refractivity contribution < 1.29 is 52.6 Å². The van der Waals surface area contributed by atoms with Crippen LogP contribution in [0.5, 0.6) is 5.75 Å². The number of hydrogen-bond donors (Lipinski definition) is 3. The molecule has 0 heterocycles. The fourth-order valence-electron chi connectivity index (χ4n) is 1.72. The number of rotatable bonds is 4. The van der Waals surface area contributed by atoms with Crippen molar-refractivity contribution in [3.8, 4) is 5.75 Å². The first-order valence-electron chi connectivity index (χ1n) is 6.13. The van der Waals surface area contributed by atoms with Crippen molar-refractivity contribution >= 4 is 38.6 Å². The number of azo groups is 1. The van der Waals surface area contributed by atoms with E-state index in [1.54, 1.807) is 0 Å². The molecule has 0 atom stereocenters. The number of nitrogen functional groups attached to an aromatic ring is 2. The Balaban J connectivity index is 0.00000312. The minimum Gasteiger partial charge on any atom is -0.744 e. The predicted octanol–water partition coefficient (Wildman–Crippen LogP) is -1.21. The maximum absolute atomic E-state index is 11.1. The molecule has 0 aromatic heterocycles. The van der Waals surface area contributed by atoms with Gasteiger partial charge in [0.25, 0.3) is 5.69 Å². The van der Waals surface area contributed by atoms with Crippen LogP contribution < -0.4 is 41.0 Å². The molecule has 0 aliphatic rings. The van der Waals surface area contributed by atoms with Gasteiger partial charge in [-0.2, -0.15) is 0 Å². The molecule has 126 valence electrons. The number of anilines is 2. The standard InChI is InChI=1S/C12H11N5O6S.Na/c13-7-4-8(14)12(24(21,22)23)5-10(7)16-15-9-2-1-6(17(19)20)3-11(9)18;/h1-5,18H,13-14H2,(H,21,22,23);/q;+1/p-1. The minimum absolute atomic E-state index is 0. The number of phenolic OH excluding ortho intramolecular Hbond substituents is 1. The Hall–Kier alpha value is -2.25. The number of nitro groups is 1. The zero-order chi connectivity index (χ0) is 18.1. The molecule has 0 saturated heterocycles. The molecule has 0 unspecified atom stereocenters. The smallest absolute Gasteiger partial charge is 0.744 e. The van der Waals surface area contributed by atoms with Gasteiger partial charge in [0, 0.05) is 6.07 Å². The first-order valence-corrected chi connectivity index (χ1v) is 7.54. The second-order valence-corrected chi connectivity index (χ2v) is 5.88. The molecule has 5 N–H and O–H groups in total. The van der Waals surface area contributed by atoms with Gasteiger partial charge in [0.2, 0.25) is 0 Å². The van der Waals surface area contributed by atoms with Crippen molar-refractivity contribution in [3.05, 3.63) is 40.4 Å². The molecule has 2 aromatic carbocycles. The molecular weight excluding hydrogens is 365 g/mol. The summed E-state index contributed by atoms with van der Waals surface area (Å²) < 4.78 is 33.3. The molecule has 25 heavy (non-hydrogen) atoms. The number of nitrogens with two attached hydrogens (primary N) is 2. The van der Waals surface area contributed by atoms with Gasteiger partial charge >= 0.3 is 29.6 Å². The summed E-state index contributed by atoms with van der Waals surface area (Å²) in [5.41, 5.74) is 10.0. The van der Waals surface area contributed by atoms with Crippen molar-refractivity contribution in [2.45, 2.75) is 4.90 Å². The van der Waals surface area contributed by atoms with E-state index in [1.807, 2.05) is 0 Å². The average Bonchev–Trinajstić information content (AvgIpc) is 2.45. The summed E-state index contributed by atoms with van der Waals surface area (Å²) in [4.78, 5) is 9.16. The number of hydrogen-bond acceptors (Lipinski definition) is 10. The zero-order valence-electron chi connectivity index (χ0n) is 12.8. The Morgan fingerprint density at radius 3 is 2.16 bits per heavy atom. The Morgan fingerprint density at radius 1 is 1.04 bits per heavy atom. The van der Waals surface area contributed by atoms with Crippen LogP contribution in [0.15, 0.2) is 45.5 Å². The third-order valence-corrected chi connectivity index (χ3v) is 3.76. The Morgan fingerprint density at radius 2 is 1.64 bits per heavy atom. The van der Waals surface area contributed by atoms with Crippen LogP contribution in [0, 0.1) is 10.1 Å². The summed E-state index contributed by atoms with van der Waals surface area (Å²) in [7, 11) is -4.84. The number of benzene rings is 2. The van der Waals surface area contributed by atoms with Gasteiger partial charge in [-0.3, -0.25) is 10.1 Å². The van der Waals surface area contributed by atoms with Crippen molar-refractivity contribution in [1.29, 1.82) is 0 Å². The molecule has 0 saturated carbocycles. The van der Waals surface area contributed by atoms with Crippen molar-refractivity contribution in [2.24, 2.45) is 10.2 Å². The van der Waals surface area contributed by atoms with E-state index in [9.17, 15) is 28.2 Å². The van der Waals surface area contributed by atoms with Gasteiger partial charge in [-0.1, -0.05) is 0 Å². The van der Waals surface area contributed by atoms with Gasteiger partial charge in [-0.15, -0.1) is 10.2 Å². The third kappa shape index (κ3) is 4.87. The Labute approximate surface area is 163 Å². The molecule has 0 spiro atoms. The molecule has 0 bridgehead atoms. The number of non-ortho nitro benzene ring substituents is 1. The maximum Gasteiger partial charge on any atom is 1.00 e. The molecule has 0 aliphatic heterocycles. The van der Waals surface area contributed by atoms with E-state index in [2.05, 4.69) is 10.2 Å². The molecule has 0 radical (unpaired) electrons. The zero-order valence-corrected chi connectivity index (χ0v) is 15.6. The second kappa shape index (κ2) is 7.76. The molecule has 0 amide bonds. The fourth-order valence-corrected chi connectivity index (χ4v) is 2.33. The second-order valence-electron chi connectivity index (χ2n) is 4.53. The van der Waals surface area contributed by atoms with Crippen molar-refractivity contribution in [2.75, 3.05) is 11.5 Å². The SMILES string of the molecule is Nc1cc(N)c(S(=O)(=O)[O-])cc1N=Nc1ccc([N+](=O)[O-])cc1O.[Na+]. The maximum atomic E-state index is 11.1. The monoisotopic (exact) mass is 375 g/mol. The van der Waals surface area contributed by atoms with Gasteiger partial charge < -0.3 is 21.1 Å². The topological polar surface area (TPSA) is 197 Å². The van der Waals surface area contributed by atoms with Gasteiger partial charge in [0.15, 0.2) is 0 Å². The first kappa shape index (κ1) is 20.8. The Bertz CT molecular complexity index is 963. The number of aromatic hydroxyl groups is 1. The van der Waals surface area contributed by atoms with Crippen molar-refractivity contribution in [1.82, 2.24) is 0 Å². The molecule has 2 aromatic rings. The predicted molar refractivity (Wildman–Crippen MR) is 82.2 cm³/mol. The van der Waals surface area contributed by atoms with Crippen LogP contribution in [-0.4, -0.2) is 23.0 Å². The van der Waals surface area contributed by atoms with Crippen LogP contribution in [0.25, 0.3) is 0 Å². The molecule has 0 fully saturated rings. The van der Waals surface area contributed by atoms with Gasteiger partial charge in [0.1, 0.15) is 27.2 Å². The average molecular weight is 375 g/mol. The fraction of sp³-hybridized carbons (Fsp3) is 0. The molecular formula is C12H10N5NaO6S. The molecule has 2 rings (SSSR count). The summed E-state index contributed by atoms with van der Waals surface area (Å²) >= 11 is 0. The van der Waals surface area contributed by atoms with E-state index in [0.29, 0.717) is 0 Å². The minimum atomic E-state index is -4.84. The summed E-state index contributed by atoms with van der Waals surface area (Å²) in [6.45, 7) is 0. The molecule has 0 aliphatic carbocycles. The number of nitro benzene ring substituents is 1. The van der Waals surface area contributed by atoms with Gasteiger partial charge in [-0.05, 0) is 18.2 Å². The van der Waals surface area contributed by atoms with E-state index in [-0.39, 0.29) is 58.0 Å². The van der Waals surface area contributed by atoms with Crippen LogP contribution in [0.4, 0.5) is 28.4 Å². The van der Waals surface area contributed by atoms with Crippen LogP contribution in [0.1, 0.15) is 0 Å². The van der Waals surface area contributed by atoms with Gasteiger partial charge in [-0.25, -0.2) is 8.42 Å². The number of phenols is 1. The largest absolute Gasteiger partial charge is 1.00 e. The van der Waals surface area contributed by atoms with E-state index in [4.69, 9.17) is 11.5 Å². The first-order chi connectivity index (χ1) is 11.1. The quantitative estimate of drug-likeness (QED) is 0.148. The van der Waals surface area contributed by atoms with E-state index >= 15 is 0 Å². The summed E-state index contributed by atoms with van der Waals surface area (Å²) in [5, 5.41) is 27.5. The van der Waals surface area contributed by atoms with Crippen molar-refractivity contribution in [3.63, 3.8) is 0 Å². The van der Waals surface area contributed by atoms with Crippen LogP contribution >= 0.6 is 0 Å². The number of nitrogens with zero attached hydrogens (tertiary/aromatic N) is 3. The molecule has 13 heteroatoms. The molecule has 11 nitrogen and oxygen atoms in total. The third-order valence-electron chi connectivity index (χ3n) is 2.86. The van der Waals surface area contributed by atoms with Gasteiger partial charge in [0.05, 0.1) is 27.3 Å². The van der Waals surface area contributed by atoms with Crippen LogP contribution in [-0.2, 0) is 10.1 Å². The normalized spacial score (nSPS) is 11.2. The summed E-state index contributed by atoms with van der Waals surface area (Å²) in [5.74, 6) is -0.515.